The van der Waals surface area contributed by atoms with E-state index < -0.39 is 0 Å². The third-order valence-corrected chi connectivity index (χ3v) is 4.41. The van der Waals surface area contributed by atoms with Gasteiger partial charge in [-0.3, -0.25) is 0 Å². The highest BCUT2D eigenvalue weighted by molar-refractivity contribution is 5.86. The predicted molar refractivity (Wildman–Crippen MR) is 92.9 cm³/mol. The molecule has 3 heteroatoms. The van der Waals surface area contributed by atoms with E-state index in [-0.39, 0.29) is 6.61 Å². The summed E-state index contributed by atoms with van der Waals surface area (Å²) in [4.78, 5) is 2.33. The lowest BCUT2D eigenvalue weighted by molar-refractivity contribution is 0.280. The smallest absolute Gasteiger partial charge is 0.142 e. The second kappa shape index (κ2) is 5.94. The summed E-state index contributed by atoms with van der Waals surface area (Å²) in [5.74, 6) is 0.897. The Bertz CT molecular complexity index is 839. The average Bonchev–Trinajstić information content (AvgIpc) is 2.62. The Morgan fingerprint density at radius 2 is 1.87 bits per heavy atom. The number of hydrogen-bond donors (Lipinski definition) is 1. The number of nitrogens with zero attached hydrogens (tertiary/aromatic N) is 1. The Morgan fingerprint density at radius 1 is 1.00 bits per heavy atom. The highest BCUT2D eigenvalue weighted by atomic mass is 16.5. The van der Waals surface area contributed by atoms with Gasteiger partial charge in [-0.1, -0.05) is 48.5 Å². The Balaban J connectivity index is 1.72. The van der Waals surface area contributed by atoms with Gasteiger partial charge in [0.2, 0.25) is 0 Å². The molecule has 0 bridgehead atoms. The van der Waals surface area contributed by atoms with Crippen molar-refractivity contribution in [1.82, 2.24) is 0 Å². The van der Waals surface area contributed by atoms with E-state index in [0.29, 0.717) is 6.61 Å². The van der Waals surface area contributed by atoms with Gasteiger partial charge in [0.1, 0.15) is 12.4 Å². The number of hydrogen-bond acceptors (Lipinski definition) is 3. The fourth-order valence-corrected chi connectivity index (χ4v) is 3.22. The van der Waals surface area contributed by atoms with E-state index in [1.807, 2.05) is 18.2 Å². The lowest BCUT2D eigenvalue weighted by atomic mass is 10.0. The first-order valence-corrected chi connectivity index (χ1v) is 7.93. The van der Waals surface area contributed by atoms with Crippen LogP contribution in [0.2, 0.25) is 0 Å². The first-order valence-electron chi connectivity index (χ1n) is 7.93. The molecule has 0 radical (unpaired) electrons. The zero-order valence-corrected chi connectivity index (χ0v) is 12.9. The minimum Gasteiger partial charge on any atom is -0.490 e. The van der Waals surface area contributed by atoms with E-state index in [1.165, 1.54) is 16.3 Å². The van der Waals surface area contributed by atoms with E-state index in [1.54, 1.807) is 0 Å². The molecule has 116 valence electrons. The van der Waals surface area contributed by atoms with Crippen molar-refractivity contribution >= 4 is 16.5 Å². The first kappa shape index (κ1) is 14.1. The Labute approximate surface area is 135 Å². The quantitative estimate of drug-likeness (QED) is 0.800. The highest BCUT2D eigenvalue weighted by Crippen LogP contribution is 2.34. The first-order chi connectivity index (χ1) is 11.3. The number of aliphatic hydroxyl groups excluding tert-OH is 1. The SMILES string of the molecule is OCc1ccc2c(c1)N(Cc1cccc3ccccc13)CCO2. The van der Waals surface area contributed by atoms with Crippen LogP contribution in [-0.4, -0.2) is 18.3 Å². The molecule has 0 saturated heterocycles. The largest absolute Gasteiger partial charge is 0.490 e. The number of fused-ring (bicyclic) bond motifs is 2. The molecule has 1 aliphatic heterocycles. The van der Waals surface area contributed by atoms with Crippen LogP contribution in [0.1, 0.15) is 11.1 Å². The van der Waals surface area contributed by atoms with Crippen LogP contribution in [0.4, 0.5) is 5.69 Å². The van der Waals surface area contributed by atoms with Crippen molar-refractivity contribution in [2.24, 2.45) is 0 Å². The Morgan fingerprint density at radius 3 is 2.78 bits per heavy atom. The molecule has 3 nitrogen and oxygen atoms in total. The molecule has 0 saturated carbocycles. The molecular weight excluding hydrogens is 286 g/mol. The van der Waals surface area contributed by atoms with Gasteiger partial charge in [-0.15, -0.1) is 0 Å². The van der Waals surface area contributed by atoms with Crippen molar-refractivity contribution in [1.29, 1.82) is 0 Å². The highest BCUT2D eigenvalue weighted by Gasteiger charge is 2.19. The van der Waals surface area contributed by atoms with Gasteiger partial charge in [-0.05, 0) is 34.0 Å². The van der Waals surface area contributed by atoms with Crippen molar-refractivity contribution in [3.63, 3.8) is 0 Å². The number of aliphatic hydroxyl groups is 1. The molecule has 0 aromatic heterocycles. The van der Waals surface area contributed by atoms with Crippen LogP contribution >= 0.6 is 0 Å². The van der Waals surface area contributed by atoms with Crippen molar-refractivity contribution in [3.8, 4) is 5.75 Å². The van der Waals surface area contributed by atoms with Gasteiger partial charge in [0.25, 0.3) is 0 Å². The third kappa shape index (κ3) is 2.64. The Kier molecular flexibility index (Phi) is 3.64. The van der Waals surface area contributed by atoms with Crippen LogP contribution in [0, 0.1) is 0 Å². The number of anilines is 1. The van der Waals surface area contributed by atoms with Gasteiger partial charge in [0, 0.05) is 6.54 Å². The van der Waals surface area contributed by atoms with Crippen LogP contribution in [0.15, 0.2) is 60.7 Å². The molecule has 0 amide bonds. The minimum absolute atomic E-state index is 0.0510. The van der Waals surface area contributed by atoms with Crippen molar-refractivity contribution in [2.75, 3.05) is 18.1 Å². The number of rotatable bonds is 3. The molecule has 3 aromatic rings. The van der Waals surface area contributed by atoms with Crippen LogP contribution < -0.4 is 9.64 Å². The molecule has 1 N–H and O–H groups in total. The summed E-state index contributed by atoms with van der Waals surface area (Å²) in [6.07, 6.45) is 0. The second-order valence-electron chi connectivity index (χ2n) is 5.87. The van der Waals surface area contributed by atoms with E-state index in [0.717, 1.165) is 30.1 Å². The second-order valence-corrected chi connectivity index (χ2v) is 5.87. The van der Waals surface area contributed by atoms with Crippen LogP contribution in [0.5, 0.6) is 5.75 Å². The maximum atomic E-state index is 9.40. The van der Waals surface area contributed by atoms with Gasteiger partial charge < -0.3 is 14.7 Å². The van der Waals surface area contributed by atoms with E-state index >= 15 is 0 Å². The molecule has 3 aromatic carbocycles. The molecule has 1 heterocycles. The molecule has 0 spiro atoms. The van der Waals surface area contributed by atoms with Gasteiger partial charge in [-0.25, -0.2) is 0 Å². The lowest BCUT2D eigenvalue weighted by Crippen LogP contribution is -2.32. The van der Waals surface area contributed by atoms with Crippen LogP contribution in [0.25, 0.3) is 10.8 Å². The number of benzene rings is 3. The van der Waals surface area contributed by atoms with E-state index in [2.05, 4.69) is 47.4 Å². The Hall–Kier alpha value is -2.52. The summed E-state index contributed by atoms with van der Waals surface area (Å²) in [6, 6.07) is 20.8. The van der Waals surface area contributed by atoms with Crippen LogP contribution in [0.3, 0.4) is 0 Å². The molecule has 23 heavy (non-hydrogen) atoms. The van der Waals surface area contributed by atoms with E-state index in [4.69, 9.17) is 4.74 Å². The van der Waals surface area contributed by atoms with Gasteiger partial charge >= 0.3 is 0 Å². The molecule has 0 atom stereocenters. The van der Waals surface area contributed by atoms with Crippen molar-refractivity contribution in [3.05, 3.63) is 71.8 Å². The zero-order valence-electron chi connectivity index (χ0n) is 12.9. The minimum atomic E-state index is 0.0510. The summed E-state index contributed by atoms with van der Waals surface area (Å²) in [7, 11) is 0. The standard InChI is InChI=1S/C20H19NO2/c22-14-15-8-9-20-19(12-15)21(10-11-23-20)13-17-6-3-5-16-4-1-2-7-18(16)17/h1-9,12,22H,10-11,13-14H2. The summed E-state index contributed by atoms with van der Waals surface area (Å²) in [6.45, 7) is 2.43. The topological polar surface area (TPSA) is 32.7 Å². The average molecular weight is 305 g/mol. The normalized spacial score (nSPS) is 13.7. The monoisotopic (exact) mass is 305 g/mol. The summed E-state index contributed by atoms with van der Waals surface area (Å²) in [5, 5.41) is 12.0. The van der Waals surface area contributed by atoms with Crippen molar-refractivity contribution in [2.45, 2.75) is 13.2 Å². The van der Waals surface area contributed by atoms with E-state index in [9.17, 15) is 5.11 Å². The van der Waals surface area contributed by atoms with Gasteiger partial charge in [0.05, 0.1) is 18.8 Å². The molecule has 0 unspecified atom stereocenters. The summed E-state index contributed by atoms with van der Waals surface area (Å²) >= 11 is 0. The lowest BCUT2D eigenvalue weighted by Gasteiger charge is -2.32. The predicted octanol–water partition coefficient (Wildman–Crippen LogP) is 3.73. The van der Waals surface area contributed by atoms with Crippen molar-refractivity contribution < 1.29 is 9.84 Å². The molecule has 0 fully saturated rings. The summed E-state index contributed by atoms with van der Waals surface area (Å²) in [5.41, 5.74) is 3.29. The van der Waals surface area contributed by atoms with Gasteiger partial charge in [0.15, 0.2) is 0 Å². The molecule has 4 rings (SSSR count). The summed E-state index contributed by atoms with van der Waals surface area (Å²) < 4.78 is 5.76. The molecule has 0 aliphatic carbocycles. The maximum Gasteiger partial charge on any atom is 0.142 e. The molecular formula is C20H19NO2. The fraction of sp³-hybridized carbons (Fsp3) is 0.200. The van der Waals surface area contributed by atoms with Crippen LogP contribution in [-0.2, 0) is 13.2 Å². The zero-order chi connectivity index (χ0) is 15.6. The fourth-order valence-electron chi connectivity index (χ4n) is 3.22. The maximum absolute atomic E-state index is 9.40. The van der Waals surface area contributed by atoms with Gasteiger partial charge in [-0.2, -0.15) is 0 Å². The number of ether oxygens (including phenoxy) is 1. The molecule has 1 aliphatic rings. The third-order valence-electron chi connectivity index (χ3n) is 4.41.